The first-order chi connectivity index (χ1) is 15.0. The summed E-state index contributed by atoms with van der Waals surface area (Å²) in [5, 5.41) is 54.8. The van der Waals surface area contributed by atoms with Gasteiger partial charge in [-0.3, -0.25) is 10.1 Å². The Hall–Kier alpha value is -2.08. The lowest BCUT2D eigenvalue weighted by atomic mass is 9.84. The largest absolute Gasteiger partial charge is 0.399 e. The molecule has 0 amide bonds. The van der Waals surface area contributed by atoms with E-state index in [4.69, 9.17) is 21.1 Å². The van der Waals surface area contributed by atoms with Gasteiger partial charge in [0.05, 0.1) is 31.4 Å². The predicted octanol–water partition coefficient (Wildman–Crippen LogP) is 2.11. The minimum absolute atomic E-state index is 0.0335. The Morgan fingerprint density at radius 3 is 1.69 bits per heavy atom. The molecule has 2 aromatic carbocycles. The van der Waals surface area contributed by atoms with Gasteiger partial charge in [0, 0.05) is 39.7 Å². The van der Waals surface area contributed by atoms with Crippen LogP contribution in [0.1, 0.15) is 31.9 Å². The van der Waals surface area contributed by atoms with Gasteiger partial charge in [-0.1, -0.05) is 48.0 Å². The van der Waals surface area contributed by atoms with E-state index in [1.54, 1.807) is 32.9 Å². The molecular weight excluding hydrogens is 484 g/mol. The van der Waals surface area contributed by atoms with Gasteiger partial charge >= 0.3 is 0 Å². The third-order valence-electron chi connectivity index (χ3n) is 4.82. The van der Waals surface area contributed by atoms with E-state index in [9.17, 15) is 20.3 Å². The predicted molar refractivity (Wildman–Crippen MR) is 127 cm³/mol. The number of rotatable bonds is 7. The van der Waals surface area contributed by atoms with Crippen LogP contribution in [0.4, 0.5) is 11.4 Å². The third kappa shape index (κ3) is 8.45. The number of aliphatic hydroxyl groups excluding tert-OH is 5. The molecule has 0 radical (unpaired) electrons. The van der Waals surface area contributed by atoms with Crippen molar-refractivity contribution in [3.63, 3.8) is 0 Å². The highest BCUT2D eigenvalue weighted by molar-refractivity contribution is 9.10. The number of halogens is 1. The summed E-state index contributed by atoms with van der Waals surface area (Å²) >= 11 is 3.21. The Balaban J connectivity index is 0.000000543. The second-order valence-electron chi connectivity index (χ2n) is 7.61. The molecule has 180 valence electrons. The number of nitro benzene ring substituents is 1. The fourth-order valence-corrected chi connectivity index (χ4v) is 3.29. The number of non-ortho nitro benzene ring substituents is 1. The molecule has 0 unspecified atom stereocenters. The minimum atomic E-state index is -0.812. The van der Waals surface area contributed by atoms with E-state index >= 15 is 0 Å². The van der Waals surface area contributed by atoms with Crippen molar-refractivity contribution >= 4 is 27.3 Å². The molecule has 7 N–H and O–H groups in total. The van der Waals surface area contributed by atoms with Crippen LogP contribution in [0.25, 0.3) is 0 Å². The van der Waals surface area contributed by atoms with Gasteiger partial charge in [-0.05, 0) is 30.2 Å². The summed E-state index contributed by atoms with van der Waals surface area (Å²) in [6, 6.07) is 11.4. The SMILES string of the molecule is CC(CO)(CO)c1ccc(N)cc1.CC(CO)(CO)c1ccc([N+](=O)[O-])cc1Br.CCO. The summed E-state index contributed by atoms with van der Waals surface area (Å²) in [7, 11) is 0. The van der Waals surface area contributed by atoms with Gasteiger partial charge in [0.25, 0.3) is 5.69 Å². The average Bonchev–Trinajstić information content (AvgIpc) is 2.79. The summed E-state index contributed by atoms with van der Waals surface area (Å²) in [4.78, 5) is 10.0. The van der Waals surface area contributed by atoms with E-state index in [0.29, 0.717) is 15.7 Å². The molecule has 0 spiro atoms. The molecule has 32 heavy (non-hydrogen) atoms. The van der Waals surface area contributed by atoms with Crippen molar-refractivity contribution in [1.29, 1.82) is 0 Å². The zero-order valence-electron chi connectivity index (χ0n) is 18.5. The normalized spacial score (nSPS) is 11.0. The first-order valence-corrected chi connectivity index (χ1v) is 10.6. The van der Waals surface area contributed by atoms with Crippen LogP contribution in [0.2, 0.25) is 0 Å². The number of nitrogens with zero attached hydrogens (tertiary/aromatic N) is 1. The number of benzene rings is 2. The van der Waals surface area contributed by atoms with Crippen LogP contribution in [-0.2, 0) is 10.8 Å². The topological polar surface area (TPSA) is 170 Å². The second-order valence-corrected chi connectivity index (χ2v) is 8.47. The monoisotopic (exact) mass is 516 g/mol. The standard InChI is InChI=1S/C10H12BrNO4.C10H15NO2.C2H6O/c1-10(5-13,6-14)8-3-2-7(12(15)16)4-9(8)11;1-10(6-12,7-13)8-2-4-9(11)5-3-8;1-2-3/h2-4,13-14H,5-6H2,1H3;2-5,12-13H,6-7,11H2,1H3;3H,2H2,1H3. The van der Waals surface area contributed by atoms with Gasteiger partial charge < -0.3 is 31.3 Å². The maximum Gasteiger partial charge on any atom is 0.270 e. The molecule has 0 atom stereocenters. The van der Waals surface area contributed by atoms with Crippen LogP contribution in [-0.4, -0.2) is 63.5 Å². The first-order valence-electron chi connectivity index (χ1n) is 9.83. The van der Waals surface area contributed by atoms with Crippen LogP contribution in [0.3, 0.4) is 0 Å². The van der Waals surface area contributed by atoms with Gasteiger partial charge in [0.2, 0.25) is 0 Å². The Morgan fingerprint density at radius 1 is 0.906 bits per heavy atom. The number of aliphatic hydroxyl groups is 5. The molecule has 2 aromatic rings. The lowest BCUT2D eigenvalue weighted by Crippen LogP contribution is -2.31. The Kier molecular flexibility index (Phi) is 13.2. The van der Waals surface area contributed by atoms with Crippen LogP contribution < -0.4 is 5.73 Å². The van der Waals surface area contributed by atoms with Crippen LogP contribution in [0, 0.1) is 10.1 Å². The molecule has 0 fully saturated rings. The Bertz CT molecular complexity index is 824. The summed E-state index contributed by atoms with van der Waals surface area (Å²) < 4.78 is 0.507. The number of nitrogen functional groups attached to an aromatic ring is 1. The van der Waals surface area contributed by atoms with E-state index in [1.807, 2.05) is 12.1 Å². The summed E-state index contributed by atoms with van der Waals surface area (Å²) in [6.07, 6.45) is 0. The lowest BCUT2D eigenvalue weighted by molar-refractivity contribution is -0.385. The van der Waals surface area contributed by atoms with Crippen LogP contribution in [0.15, 0.2) is 46.9 Å². The lowest BCUT2D eigenvalue weighted by Gasteiger charge is -2.26. The van der Waals surface area contributed by atoms with E-state index < -0.39 is 15.8 Å². The molecule has 0 saturated carbocycles. The van der Waals surface area contributed by atoms with E-state index in [-0.39, 0.29) is 38.7 Å². The molecule has 9 nitrogen and oxygen atoms in total. The summed E-state index contributed by atoms with van der Waals surface area (Å²) in [6.45, 7) is 4.79. The number of hydrogen-bond donors (Lipinski definition) is 6. The van der Waals surface area contributed by atoms with Crippen molar-refractivity contribution in [1.82, 2.24) is 0 Å². The van der Waals surface area contributed by atoms with Gasteiger partial charge in [-0.2, -0.15) is 0 Å². The highest BCUT2D eigenvalue weighted by Gasteiger charge is 2.28. The van der Waals surface area contributed by atoms with E-state index in [1.165, 1.54) is 18.2 Å². The summed E-state index contributed by atoms with van der Waals surface area (Å²) in [5.41, 5.74) is 6.33. The van der Waals surface area contributed by atoms with Crippen molar-refractivity contribution in [3.05, 3.63) is 68.2 Å². The molecule has 0 aromatic heterocycles. The number of nitro groups is 1. The van der Waals surface area contributed by atoms with Crippen molar-refractivity contribution in [2.75, 3.05) is 38.8 Å². The van der Waals surface area contributed by atoms with Crippen molar-refractivity contribution in [2.24, 2.45) is 0 Å². The second kappa shape index (κ2) is 14.1. The molecule has 0 aliphatic rings. The number of nitrogens with two attached hydrogens (primary N) is 1. The van der Waals surface area contributed by atoms with Gasteiger partial charge in [0.1, 0.15) is 0 Å². The van der Waals surface area contributed by atoms with Gasteiger partial charge in [0.15, 0.2) is 0 Å². The maximum atomic E-state index is 10.5. The van der Waals surface area contributed by atoms with E-state index in [0.717, 1.165) is 5.56 Å². The zero-order chi connectivity index (χ0) is 24.9. The average molecular weight is 517 g/mol. The minimum Gasteiger partial charge on any atom is -0.399 e. The maximum absolute atomic E-state index is 10.5. The number of hydrogen-bond acceptors (Lipinski definition) is 8. The van der Waals surface area contributed by atoms with Crippen LogP contribution in [0.5, 0.6) is 0 Å². The highest BCUT2D eigenvalue weighted by atomic mass is 79.9. The third-order valence-corrected chi connectivity index (χ3v) is 5.47. The quantitative estimate of drug-likeness (QED) is 0.184. The van der Waals surface area contributed by atoms with Crippen molar-refractivity contribution < 1.29 is 30.5 Å². The Morgan fingerprint density at radius 2 is 1.34 bits per heavy atom. The zero-order valence-corrected chi connectivity index (χ0v) is 20.1. The van der Waals surface area contributed by atoms with Crippen molar-refractivity contribution in [3.8, 4) is 0 Å². The van der Waals surface area contributed by atoms with E-state index in [2.05, 4.69) is 15.9 Å². The van der Waals surface area contributed by atoms with Gasteiger partial charge in [-0.25, -0.2) is 0 Å². The fraction of sp³-hybridized carbons (Fsp3) is 0.455. The molecule has 0 bridgehead atoms. The first kappa shape index (κ1) is 29.9. The molecule has 0 heterocycles. The Labute approximate surface area is 196 Å². The molecule has 2 rings (SSSR count). The molecular formula is C22H33BrN2O7. The van der Waals surface area contributed by atoms with Crippen LogP contribution >= 0.6 is 15.9 Å². The molecule has 0 aliphatic carbocycles. The fourth-order valence-electron chi connectivity index (χ4n) is 2.45. The van der Waals surface area contributed by atoms with Gasteiger partial charge in [-0.15, -0.1) is 0 Å². The smallest absolute Gasteiger partial charge is 0.270 e. The number of anilines is 1. The molecule has 0 aliphatic heterocycles. The molecule has 10 heteroatoms. The molecule has 0 saturated heterocycles. The summed E-state index contributed by atoms with van der Waals surface area (Å²) in [5.74, 6) is 0. The highest BCUT2D eigenvalue weighted by Crippen LogP contribution is 2.32. The van der Waals surface area contributed by atoms with Crippen molar-refractivity contribution in [2.45, 2.75) is 31.6 Å².